The molecule has 4 N–H and O–H groups in total. The van der Waals surface area contributed by atoms with E-state index in [9.17, 15) is 18.7 Å². The number of nitrogens with one attached hydrogen (secondary N) is 1. The van der Waals surface area contributed by atoms with E-state index in [-0.39, 0.29) is 13.0 Å². The summed E-state index contributed by atoms with van der Waals surface area (Å²) < 4.78 is 31.6. The highest BCUT2D eigenvalue weighted by molar-refractivity contribution is 5.67. The second kappa shape index (κ2) is 9.07. The molecular formula is C17H27F2N3O3. The molecule has 0 saturated carbocycles. The first-order valence-electron chi connectivity index (χ1n) is 8.13. The number of carbonyl (C=O) groups excluding carboxylic acids is 1. The summed E-state index contributed by atoms with van der Waals surface area (Å²) in [6.07, 6.45) is -1.55. The number of carbonyl (C=O) groups is 1. The van der Waals surface area contributed by atoms with Crippen molar-refractivity contribution >= 4 is 6.09 Å². The van der Waals surface area contributed by atoms with E-state index in [0.717, 1.165) is 6.07 Å². The first-order chi connectivity index (χ1) is 11.5. The number of hydrazine groups is 1. The largest absolute Gasteiger partial charge is 0.443 e. The highest BCUT2D eigenvalue weighted by atomic mass is 19.1. The summed E-state index contributed by atoms with van der Waals surface area (Å²) in [5.41, 5.74) is 8.16. The van der Waals surface area contributed by atoms with Crippen molar-refractivity contribution in [1.82, 2.24) is 10.4 Å². The number of nitrogens with two attached hydrogens (primary N) is 1. The average Bonchev–Trinajstić information content (AvgIpc) is 2.43. The number of hydrogen-bond acceptors (Lipinski definition) is 5. The lowest BCUT2D eigenvalue weighted by Crippen LogP contribution is -2.51. The number of hydrogen-bond donors (Lipinski definition) is 3. The molecule has 0 aliphatic carbocycles. The molecule has 0 saturated heterocycles. The van der Waals surface area contributed by atoms with Gasteiger partial charge in [-0.1, -0.05) is 6.92 Å². The van der Waals surface area contributed by atoms with Gasteiger partial charge in [0.25, 0.3) is 0 Å². The molecule has 1 rings (SSSR count). The molecule has 6 nitrogen and oxygen atoms in total. The zero-order chi connectivity index (χ0) is 19.2. The van der Waals surface area contributed by atoms with Crippen LogP contribution in [0.25, 0.3) is 0 Å². The Morgan fingerprint density at radius 1 is 1.32 bits per heavy atom. The van der Waals surface area contributed by atoms with E-state index in [1.165, 1.54) is 17.1 Å². The molecule has 0 fully saturated rings. The average molecular weight is 359 g/mol. The number of likely N-dealkylation sites (N-methyl/N-ethyl adjacent to an activating group) is 1. The van der Waals surface area contributed by atoms with Gasteiger partial charge in [0, 0.05) is 25.2 Å². The highest BCUT2D eigenvalue weighted by Crippen LogP contribution is 2.11. The molecule has 0 heterocycles. The Morgan fingerprint density at radius 3 is 2.36 bits per heavy atom. The first-order valence-corrected chi connectivity index (χ1v) is 8.13. The predicted octanol–water partition coefficient (Wildman–Crippen LogP) is 1.96. The second-order valence-electron chi connectivity index (χ2n) is 6.87. The molecule has 0 bridgehead atoms. The normalized spacial score (nSPS) is 14.3. The van der Waals surface area contributed by atoms with E-state index >= 15 is 0 Å². The molecule has 2 atom stereocenters. The number of nitrogens with zero attached hydrogens (tertiary/aromatic N) is 1. The Morgan fingerprint density at radius 2 is 1.88 bits per heavy atom. The number of aliphatic hydroxyl groups excluding tert-OH is 1. The Kier molecular flexibility index (Phi) is 7.72. The molecule has 142 valence electrons. The monoisotopic (exact) mass is 359 g/mol. The summed E-state index contributed by atoms with van der Waals surface area (Å²) in [4.78, 5) is 11.8. The quantitative estimate of drug-likeness (QED) is 0.648. The van der Waals surface area contributed by atoms with Crippen LogP contribution in [0.15, 0.2) is 18.2 Å². The molecule has 8 heteroatoms. The Bertz CT molecular complexity index is 558. The SMILES string of the molecule is CCN(CC(O)C(N)Cc1cc(F)cc(F)c1)NC(=O)OC(C)(C)C. The first kappa shape index (κ1) is 21.3. The molecular weight excluding hydrogens is 332 g/mol. The molecule has 0 spiro atoms. The smallest absolute Gasteiger partial charge is 0.422 e. The van der Waals surface area contributed by atoms with Crippen molar-refractivity contribution in [3.63, 3.8) is 0 Å². The third-order valence-corrected chi connectivity index (χ3v) is 3.33. The van der Waals surface area contributed by atoms with E-state index in [4.69, 9.17) is 10.5 Å². The van der Waals surface area contributed by atoms with Crippen LogP contribution in [0.3, 0.4) is 0 Å². The number of aliphatic hydroxyl groups is 1. The van der Waals surface area contributed by atoms with Gasteiger partial charge in [0.15, 0.2) is 0 Å². The minimum absolute atomic E-state index is 0.0503. The van der Waals surface area contributed by atoms with Gasteiger partial charge in [-0.3, -0.25) is 5.43 Å². The van der Waals surface area contributed by atoms with Crippen molar-refractivity contribution in [2.75, 3.05) is 13.1 Å². The lowest BCUT2D eigenvalue weighted by atomic mass is 10.0. The maximum Gasteiger partial charge on any atom is 0.422 e. The van der Waals surface area contributed by atoms with Crippen LogP contribution in [0, 0.1) is 11.6 Å². The number of rotatable bonds is 7. The predicted molar refractivity (Wildman–Crippen MR) is 90.7 cm³/mol. The van der Waals surface area contributed by atoms with Gasteiger partial charge < -0.3 is 15.6 Å². The summed E-state index contributed by atoms with van der Waals surface area (Å²) in [5, 5.41) is 11.7. The fraction of sp³-hybridized carbons (Fsp3) is 0.588. The van der Waals surface area contributed by atoms with Crippen molar-refractivity contribution in [3.05, 3.63) is 35.4 Å². The summed E-state index contributed by atoms with van der Waals surface area (Å²) in [6.45, 7) is 7.48. The van der Waals surface area contributed by atoms with Crippen molar-refractivity contribution < 1.29 is 23.4 Å². The number of halogens is 2. The van der Waals surface area contributed by atoms with Crippen LogP contribution >= 0.6 is 0 Å². The molecule has 1 amide bonds. The number of amides is 1. The van der Waals surface area contributed by atoms with Crippen LogP contribution in [0.5, 0.6) is 0 Å². The van der Waals surface area contributed by atoms with Crippen LogP contribution in [0.1, 0.15) is 33.3 Å². The topological polar surface area (TPSA) is 87.8 Å². The van der Waals surface area contributed by atoms with Gasteiger partial charge in [-0.15, -0.1) is 0 Å². The molecule has 1 aromatic carbocycles. The fourth-order valence-corrected chi connectivity index (χ4v) is 2.18. The van der Waals surface area contributed by atoms with Crippen molar-refractivity contribution in [2.24, 2.45) is 5.73 Å². The minimum Gasteiger partial charge on any atom is -0.443 e. The molecule has 25 heavy (non-hydrogen) atoms. The summed E-state index contributed by atoms with van der Waals surface area (Å²) in [5.74, 6) is -1.39. The molecule has 0 aliphatic heterocycles. The van der Waals surface area contributed by atoms with E-state index in [2.05, 4.69) is 5.43 Å². The van der Waals surface area contributed by atoms with Gasteiger partial charge in [-0.05, 0) is 44.9 Å². The maximum atomic E-state index is 13.2. The van der Waals surface area contributed by atoms with E-state index in [1.54, 1.807) is 27.7 Å². The lowest BCUT2D eigenvalue weighted by molar-refractivity contribution is 0.0209. The van der Waals surface area contributed by atoms with E-state index in [1.807, 2.05) is 0 Å². The van der Waals surface area contributed by atoms with Crippen molar-refractivity contribution in [2.45, 2.75) is 51.9 Å². The number of benzene rings is 1. The van der Waals surface area contributed by atoms with Gasteiger partial charge in [0.2, 0.25) is 0 Å². The number of ether oxygens (including phenoxy) is 1. The molecule has 0 aliphatic rings. The fourth-order valence-electron chi connectivity index (χ4n) is 2.18. The maximum absolute atomic E-state index is 13.2. The third kappa shape index (κ3) is 8.24. The summed E-state index contributed by atoms with van der Waals surface area (Å²) >= 11 is 0. The van der Waals surface area contributed by atoms with Crippen molar-refractivity contribution in [3.8, 4) is 0 Å². The highest BCUT2D eigenvalue weighted by Gasteiger charge is 2.22. The summed E-state index contributed by atoms with van der Waals surface area (Å²) in [7, 11) is 0. The van der Waals surface area contributed by atoms with Gasteiger partial charge in [-0.25, -0.2) is 18.6 Å². The van der Waals surface area contributed by atoms with Crippen molar-refractivity contribution in [1.29, 1.82) is 0 Å². The van der Waals surface area contributed by atoms with Crippen LogP contribution in [-0.4, -0.2) is 47.0 Å². The minimum atomic E-state index is -1.01. The van der Waals surface area contributed by atoms with Gasteiger partial charge in [0.05, 0.1) is 6.10 Å². The van der Waals surface area contributed by atoms with Crippen LogP contribution in [0.4, 0.5) is 13.6 Å². The van der Waals surface area contributed by atoms with E-state index in [0.29, 0.717) is 12.1 Å². The van der Waals surface area contributed by atoms with Gasteiger partial charge in [0.1, 0.15) is 17.2 Å². The zero-order valence-electron chi connectivity index (χ0n) is 15.1. The molecule has 0 radical (unpaired) electrons. The Balaban J connectivity index is 2.59. The third-order valence-electron chi connectivity index (χ3n) is 3.33. The Labute approximate surface area is 146 Å². The Hall–Kier alpha value is -1.77. The van der Waals surface area contributed by atoms with E-state index < -0.39 is 35.5 Å². The van der Waals surface area contributed by atoms with Crippen LogP contribution in [-0.2, 0) is 11.2 Å². The molecule has 1 aromatic rings. The molecule has 0 aromatic heterocycles. The summed E-state index contributed by atoms with van der Waals surface area (Å²) in [6, 6.07) is 2.36. The van der Waals surface area contributed by atoms with Crippen LogP contribution in [0.2, 0.25) is 0 Å². The zero-order valence-corrected chi connectivity index (χ0v) is 15.1. The molecule has 2 unspecified atom stereocenters. The van der Waals surface area contributed by atoms with Gasteiger partial charge in [-0.2, -0.15) is 0 Å². The second-order valence-corrected chi connectivity index (χ2v) is 6.87. The van der Waals surface area contributed by atoms with Gasteiger partial charge >= 0.3 is 6.09 Å². The standard InChI is InChI=1S/C17H27F2N3O3/c1-5-22(21-16(24)25-17(2,3)4)10-15(23)14(20)8-11-6-12(18)9-13(19)7-11/h6-7,9,14-15,23H,5,8,10,20H2,1-4H3,(H,21,24). The lowest BCUT2D eigenvalue weighted by Gasteiger charge is -2.28. The van der Waals surface area contributed by atoms with Crippen LogP contribution < -0.4 is 11.2 Å².